The van der Waals surface area contributed by atoms with Crippen molar-refractivity contribution in [1.29, 1.82) is 0 Å². The van der Waals surface area contributed by atoms with Crippen LogP contribution in [0.15, 0.2) is 54.4 Å². The molecule has 2 aromatic carbocycles. The highest BCUT2D eigenvalue weighted by molar-refractivity contribution is 5.63. The van der Waals surface area contributed by atoms with Crippen molar-refractivity contribution in [2.75, 3.05) is 0 Å². The zero-order valence-electron chi connectivity index (χ0n) is 16.7. The van der Waals surface area contributed by atoms with E-state index in [1.807, 2.05) is 20.8 Å². The van der Waals surface area contributed by atoms with Crippen LogP contribution in [0.1, 0.15) is 35.9 Å². The molecule has 0 aromatic heterocycles. The fourth-order valence-corrected chi connectivity index (χ4v) is 1.35. The molecular formula is C16H18. The van der Waals surface area contributed by atoms with Gasteiger partial charge in [-0.15, -0.1) is 0 Å². The van der Waals surface area contributed by atoms with E-state index in [0.717, 1.165) is 0 Å². The summed E-state index contributed by atoms with van der Waals surface area (Å²) < 4.78 is 55.4. The van der Waals surface area contributed by atoms with Crippen LogP contribution < -0.4 is 0 Å². The zero-order chi connectivity index (χ0) is 17.7. The van der Waals surface area contributed by atoms with Crippen molar-refractivity contribution in [3.8, 4) is 11.1 Å². The van der Waals surface area contributed by atoms with Gasteiger partial charge in [-0.2, -0.15) is 0 Å². The smallest absolute Gasteiger partial charge is 0.0622 e. The SMILES string of the molecule is [2H]c1cc(-c2c([2H])c([2H])c([2H])c([2H])c2[2H])cc([2H])c1C(C)(C)C. The molecule has 82 valence electrons. The lowest BCUT2D eigenvalue weighted by Gasteiger charge is -2.19. The predicted octanol–water partition coefficient (Wildman–Crippen LogP) is 4.65. The Morgan fingerprint density at radius 2 is 1.38 bits per heavy atom. The molecule has 16 heavy (non-hydrogen) atoms. The van der Waals surface area contributed by atoms with Gasteiger partial charge in [-0.25, -0.2) is 0 Å². The molecule has 0 saturated heterocycles. The lowest BCUT2D eigenvalue weighted by molar-refractivity contribution is 0.590. The van der Waals surface area contributed by atoms with Gasteiger partial charge in [0.1, 0.15) is 0 Å². The maximum atomic E-state index is 8.17. The van der Waals surface area contributed by atoms with E-state index in [1.165, 1.54) is 12.1 Å². The van der Waals surface area contributed by atoms with Gasteiger partial charge in [-0.05, 0) is 22.1 Å². The highest BCUT2D eigenvalue weighted by atomic mass is 14.2. The highest BCUT2D eigenvalue weighted by Gasteiger charge is 2.12. The second-order valence-corrected chi connectivity index (χ2v) is 4.66. The Balaban J connectivity index is 2.80. The molecular weight excluding hydrogens is 192 g/mol. The van der Waals surface area contributed by atoms with Crippen molar-refractivity contribution >= 4 is 0 Å². The molecule has 0 fully saturated rings. The molecule has 0 radical (unpaired) electrons. The van der Waals surface area contributed by atoms with Gasteiger partial charge in [0.25, 0.3) is 0 Å². The van der Waals surface area contributed by atoms with Gasteiger partial charge >= 0.3 is 0 Å². The maximum Gasteiger partial charge on any atom is 0.0629 e. The molecule has 0 aliphatic heterocycles. The monoisotopic (exact) mass is 217 g/mol. The quantitative estimate of drug-likeness (QED) is 0.652. The van der Waals surface area contributed by atoms with Crippen LogP contribution in [0.3, 0.4) is 0 Å². The summed E-state index contributed by atoms with van der Waals surface area (Å²) in [6.45, 7) is 5.72. The number of rotatable bonds is 1. The Labute approximate surface area is 108 Å². The first kappa shape index (κ1) is 5.18. The van der Waals surface area contributed by atoms with E-state index in [4.69, 9.17) is 9.60 Å². The van der Waals surface area contributed by atoms with Crippen molar-refractivity contribution in [2.24, 2.45) is 0 Å². The van der Waals surface area contributed by atoms with Crippen molar-refractivity contribution in [3.63, 3.8) is 0 Å². The Morgan fingerprint density at radius 3 is 1.88 bits per heavy atom. The lowest BCUT2D eigenvalue weighted by Crippen LogP contribution is -2.10. The minimum Gasteiger partial charge on any atom is -0.0622 e. The van der Waals surface area contributed by atoms with E-state index >= 15 is 0 Å². The first-order chi connectivity index (χ1) is 10.5. The fraction of sp³-hybridized carbons (Fsp3) is 0.250. The molecule has 0 aliphatic rings. The Kier molecular flexibility index (Phi) is 1.34. The summed E-state index contributed by atoms with van der Waals surface area (Å²) in [6.07, 6.45) is 0. The normalized spacial score (nSPS) is 17.6. The van der Waals surface area contributed by atoms with Crippen LogP contribution in [0.5, 0.6) is 0 Å². The van der Waals surface area contributed by atoms with Gasteiger partial charge in [0.05, 0.1) is 9.60 Å². The summed E-state index contributed by atoms with van der Waals surface area (Å²) >= 11 is 0. The third kappa shape index (κ3) is 2.33. The van der Waals surface area contributed by atoms with Gasteiger partial charge in [0.15, 0.2) is 0 Å². The van der Waals surface area contributed by atoms with Gasteiger partial charge in [-0.3, -0.25) is 0 Å². The summed E-state index contributed by atoms with van der Waals surface area (Å²) in [7, 11) is 0. The number of hydrogen-bond donors (Lipinski definition) is 0. The van der Waals surface area contributed by atoms with Crippen LogP contribution >= 0.6 is 0 Å². The summed E-state index contributed by atoms with van der Waals surface area (Å²) in [5, 5.41) is 0. The third-order valence-corrected chi connectivity index (χ3v) is 2.28. The van der Waals surface area contributed by atoms with Crippen molar-refractivity contribution in [3.05, 3.63) is 60.0 Å². The van der Waals surface area contributed by atoms with E-state index in [2.05, 4.69) is 0 Å². The molecule has 2 aromatic rings. The first-order valence-corrected chi connectivity index (χ1v) is 5.15. The average molecular weight is 217 g/mol. The van der Waals surface area contributed by atoms with Crippen molar-refractivity contribution < 1.29 is 9.60 Å². The fourth-order valence-electron chi connectivity index (χ4n) is 1.35. The Morgan fingerprint density at radius 1 is 0.812 bits per heavy atom. The molecule has 0 nitrogen and oxygen atoms in total. The summed E-state index contributed by atoms with van der Waals surface area (Å²) in [5.74, 6) is 0. The van der Waals surface area contributed by atoms with Crippen LogP contribution in [0.25, 0.3) is 11.1 Å². The van der Waals surface area contributed by atoms with Gasteiger partial charge in [-0.1, -0.05) is 75.2 Å². The molecule has 0 unspecified atom stereocenters. The molecule has 2 rings (SSSR count). The highest BCUT2D eigenvalue weighted by Crippen LogP contribution is 2.25. The first-order valence-electron chi connectivity index (χ1n) is 8.65. The Hall–Kier alpha value is -1.56. The van der Waals surface area contributed by atoms with Crippen LogP contribution in [0.4, 0.5) is 0 Å². The average Bonchev–Trinajstić information content (AvgIpc) is 2.41. The van der Waals surface area contributed by atoms with E-state index < -0.39 is 18.1 Å². The maximum absolute atomic E-state index is 8.17. The molecule has 0 saturated carbocycles. The lowest BCUT2D eigenvalue weighted by atomic mass is 9.86. The molecule has 0 spiro atoms. The van der Waals surface area contributed by atoms with E-state index in [0.29, 0.717) is 11.1 Å². The largest absolute Gasteiger partial charge is 0.0629 e. The predicted molar refractivity (Wildman–Crippen MR) is 70.6 cm³/mol. The van der Waals surface area contributed by atoms with E-state index in [-0.39, 0.29) is 35.1 Å². The molecule has 0 amide bonds. The summed E-state index contributed by atoms with van der Waals surface area (Å²) in [4.78, 5) is 0. The number of benzene rings is 2. The van der Waals surface area contributed by atoms with E-state index in [9.17, 15) is 0 Å². The minimum absolute atomic E-state index is 0.0264. The molecule has 0 heterocycles. The molecule has 0 heteroatoms. The van der Waals surface area contributed by atoms with Gasteiger partial charge in [0.2, 0.25) is 0 Å². The zero-order valence-corrected chi connectivity index (χ0v) is 9.65. The van der Waals surface area contributed by atoms with Gasteiger partial charge in [0, 0.05) is 0 Å². The standard InChI is InChI=1S/C16H18/c1-16(2,3)15-11-9-14(10-12-15)13-7-5-4-6-8-13/h4-12H,1-3H3/i4D,5D,6D,7D,8D,11D,12D. The van der Waals surface area contributed by atoms with Gasteiger partial charge < -0.3 is 0 Å². The molecule has 0 atom stereocenters. The second kappa shape index (κ2) is 4.13. The molecule has 0 N–H and O–H groups in total. The summed E-state index contributed by atoms with van der Waals surface area (Å²) in [6, 6.07) is 1.26. The van der Waals surface area contributed by atoms with Crippen LogP contribution in [-0.4, -0.2) is 0 Å². The molecule has 0 aliphatic carbocycles. The van der Waals surface area contributed by atoms with Crippen LogP contribution in [0, 0.1) is 0 Å². The number of hydrogen-bond acceptors (Lipinski definition) is 0. The minimum atomic E-state index is -0.452. The molecule has 0 bridgehead atoms. The third-order valence-electron chi connectivity index (χ3n) is 2.28. The van der Waals surface area contributed by atoms with Crippen molar-refractivity contribution in [2.45, 2.75) is 26.2 Å². The Bertz CT molecular complexity index is 736. The van der Waals surface area contributed by atoms with E-state index in [1.54, 1.807) is 0 Å². The van der Waals surface area contributed by atoms with Crippen molar-refractivity contribution in [1.82, 2.24) is 0 Å². The van der Waals surface area contributed by atoms with Crippen LogP contribution in [0.2, 0.25) is 0 Å². The second-order valence-electron chi connectivity index (χ2n) is 4.66. The van der Waals surface area contributed by atoms with Crippen LogP contribution in [-0.2, 0) is 5.41 Å². The topological polar surface area (TPSA) is 0 Å². The summed E-state index contributed by atoms with van der Waals surface area (Å²) in [5.41, 5.74) is 0.504.